The van der Waals surface area contributed by atoms with Gasteiger partial charge in [0.05, 0.1) is 17.8 Å². The van der Waals surface area contributed by atoms with E-state index >= 15 is 4.39 Å². The minimum absolute atomic E-state index is 0.0681. The lowest BCUT2D eigenvalue weighted by molar-refractivity contribution is 0.171. The van der Waals surface area contributed by atoms with Gasteiger partial charge < -0.3 is 19.9 Å². The number of piperidine rings is 1. The van der Waals surface area contributed by atoms with Gasteiger partial charge in [-0.25, -0.2) is 13.8 Å². The second-order valence-electron chi connectivity index (χ2n) is 9.79. The van der Waals surface area contributed by atoms with Crippen LogP contribution in [-0.2, 0) is 7.05 Å². The predicted molar refractivity (Wildman–Crippen MR) is 126 cm³/mol. The number of alkyl halides is 1. The average Bonchev–Trinajstić information content (AvgIpc) is 3.60. The van der Waals surface area contributed by atoms with Gasteiger partial charge in [-0.15, -0.1) is 10.2 Å². The molecular weight excluding hydrogens is 454 g/mol. The highest BCUT2D eigenvalue weighted by Gasteiger charge is 2.48. The zero-order valence-electron chi connectivity index (χ0n) is 19.2. The van der Waals surface area contributed by atoms with Gasteiger partial charge in [-0.05, 0) is 55.9 Å². The number of nitrogens with one attached hydrogen (secondary N) is 1. The number of hydrogen-bond acceptors (Lipinski definition) is 7. The summed E-state index contributed by atoms with van der Waals surface area (Å²) in [6.45, 7) is 0. The third kappa shape index (κ3) is 3.95. The largest absolute Gasteiger partial charge is 0.507 e. The van der Waals surface area contributed by atoms with Gasteiger partial charge in [0.25, 0.3) is 5.56 Å². The smallest absolute Gasteiger partial charge is 0.250 e. The van der Waals surface area contributed by atoms with E-state index in [4.69, 9.17) is 0 Å². The molecule has 2 unspecified atom stereocenters. The van der Waals surface area contributed by atoms with E-state index in [1.54, 1.807) is 13.1 Å². The van der Waals surface area contributed by atoms with E-state index in [0.717, 1.165) is 31.7 Å². The minimum atomic E-state index is -0.990. The summed E-state index contributed by atoms with van der Waals surface area (Å²) in [5.41, 5.74) is 0.267. The van der Waals surface area contributed by atoms with Crippen LogP contribution in [0.5, 0.6) is 5.75 Å². The Bertz CT molecular complexity index is 1330. The number of pyridine rings is 1. The molecule has 4 atom stereocenters. The standard InChI is InChI=1S/C25H26F2N6O2/c1-32-7-6-13(8-23(32)35)16-11-21(34)17(10-18(16)26)25-28-12-22(30-31-25)33(15-3-4-15)20-9-14-2-5-19(29-14)24(20)27/h6-8,10-12,14-15,19-20,24,29,34H,2-5,9H2,1H3/t14-,19+,20?,24?/m1/s1. The van der Waals surface area contributed by atoms with Crippen LogP contribution in [0.15, 0.2) is 41.5 Å². The quantitative estimate of drug-likeness (QED) is 0.580. The molecule has 3 aliphatic rings. The predicted octanol–water partition coefficient (Wildman–Crippen LogP) is 2.95. The fraction of sp³-hybridized carbons (Fsp3) is 0.440. The van der Waals surface area contributed by atoms with Crippen molar-refractivity contribution in [1.82, 2.24) is 25.1 Å². The van der Waals surface area contributed by atoms with E-state index in [9.17, 15) is 14.3 Å². The molecule has 3 fully saturated rings. The third-order valence-corrected chi connectivity index (χ3v) is 7.41. The van der Waals surface area contributed by atoms with Gasteiger partial charge >= 0.3 is 0 Å². The first-order valence-corrected chi connectivity index (χ1v) is 12.0. The number of benzene rings is 1. The number of aromatic nitrogens is 4. The lowest BCUT2D eigenvalue weighted by Crippen LogP contribution is -2.57. The lowest BCUT2D eigenvalue weighted by Gasteiger charge is -2.40. The highest BCUT2D eigenvalue weighted by molar-refractivity contribution is 5.73. The summed E-state index contributed by atoms with van der Waals surface area (Å²) >= 11 is 0. The molecule has 1 aliphatic carbocycles. The van der Waals surface area contributed by atoms with Crippen LogP contribution in [0.2, 0.25) is 0 Å². The number of anilines is 1. The van der Waals surface area contributed by atoms with Crippen LogP contribution in [0, 0.1) is 5.82 Å². The summed E-state index contributed by atoms with van der Waals surface area (Å²) in [6, 6.07) is 5.45. The van der Waals surface area contributed by atoms with Crippen LogP contribution in [0.1, 0.15) is 32.1 Å². The summed E-state index contributed by atoms with van der Waals surface area (Å²) in [4.78, 5) is 18.3. The Morgan fingerprint density at radius 1 is 1.14 bits per heavy atom. The number of hydrogen-bond donors (Lipinski definition) is 2. The maximum atomic E-state index is 15.3. The molecule has 0 radical (unpaired) electrons. The molecule has 1 aromatic carbocycles. The highest BCUT2D eigenvalue weighted by atomic mass is 19.1. The van der Waals surface area contributed by atoms with Crippen molar-refractivity contribution in [3.05, 3.63) is 52.8 Å². The van der Waals surface area contributed by atoms with Crippen molar-refractivity contribution >= 4 is 5.82 Å². The summed E-state index contributed by atoms with van der Waals surface area (Å²) in [5.74, 6) is -0.279. The fourth-order valence-corrected chi connectivity index (χ4v) is 5.41. The van der Waals surface area contributed by atoms with Crippen LogP contribution in [0.3, 0.4) is 0 Å². The maximum absolute atomic E-state index is 15.3. The Morgan fingerprint density at radius 3 is 2.69 bits per heavy atom. The molecular formula is C25H26F2N6O2. The second-order valence-corrected chi connectivity index (χ2v) is 9.79. The minimum Gasteiger partial charge on any atom is -0.507 e. The van der Waals surface area contributed by atoms with Gasteiger partial charge in [-0.3, -0.25) is 4.79 Å². The van der Waals surface area contributed by atoms with E-state index in [1.807, 2.05) is 4.90 Å². The first-order valence-electron chi connectivity index (χ1n) is 12.0. The first-order chi connectivity index (χ1) is 16.9. The second kappa shape index (κ2) is 8.37. The highest BCUT2D eigenvalue weighted by Crippen LogP contribution is 2.40. The normalized spacial score (nSPS) is 25.6. The van der Waals surface area contributed by atoms with Crippen molar-refractivity contribution in [3.63, 3.8) is 0 Å². The molecule has 2 bridgehead atoms. The Hall–Kier alpha value is -3.40. The Labute approximate surface area is 200 Å². The van der Waals surface area contributed by atoms with Gasteiger partial charge in [0.15, 0.2) is 11.6 Å². The zero-order chi connectivity index (χ0) is 24.3. The monoisotopic (exact) mass is 480 g/mol. The number of halogens is 2. The van der Waals surface area contributed by atoms with Crippen molar-refractivity contribution in [2.24, 2.45) is 7.05 Å². The fourth-order valence-electron chi connectivity index (χ4n) is 5.41. The Morgan fingerprint density at radius 2 is 1.97 bits per heavy atom. The van der Waals surface area contributed by atoms with Crippen molar-refractivity contribution in [1.29, 1.82) is 0 Å². The SMILES string of the molecule is Cn1ccc(-c2cc(O)c(-c3ncc(N(C4CC4)C4C[C@H]5CC[C@H](N5)C4F)nn3)cc2F)cc1=O. The van der Waals surface area contributed by atoms with Gasteiger partial charge in [-0.1, -0.05) is 0 Å². The summed E-state index contributed by atoms with van der Waals surface area (Å²) in [7, 11) is 1.60. The van der Waals surface area contributed by atoms with Crippen molar-refractivity contribution < 1.29 is 13.9 Å². The molecule has 2 aromatic heterocycles. The number of rotatable bonds is 5. The van der Waals surface area contributed by atoms with Crippen molar-refractivity contribution in [3.8, 4) is 28.3 Å². The molecule has 0 spiro atoms. The topological polar surface area (TPSA) is 96.2 Å². The van der Waals surface area contributed by atoms with Gasteiger partial charge in [0.2, 0.25) is 0 Å². The van der Waals surface area contributed by atoms with Gasteiger partial charge in [0, 0.05) is 43.0 Å². The molecule has 6 rings (SSSR count). The molecule has 4 heterocycles. The lowest BCUT2D eigenvalue weighted by atomic mass is 9.96. The van der Waals surface area contributed by atoms with E-state index in [-0.39, 0.29) is 46.4 Å². The summed E-state index contributed by atoms with van der Waals surface area (Å²) < 4.78 is 31.6. The molecule has 0 amide bonds. The van der Waals surface area contributed by atoms with Gasteiger partial charge in [0.1, 0.15) is 17.7 Å². The number of phenols is 1. The summed E-state index contributed by atoms with van der Waals surface area (Å²) in [6.07, 6.45) is 6.59. The summed E-state index contributed by atoms with van der Waals surface area (Å²) in [5, 5.41) is 22.5. The number of aryl methyl sites for hydroxylation is 1. The van der Waals surface area contributed by atoms with Crippen molar-refractivity contribution in [2.45, 2.75) is 62.4 Å². The van der Waals surface area contributed by atoms with E-state index in [2.05, 4.69) is 20.5 Å². The third-order valence-electron chi connectivity index (χ3n) is 7.41. The van der Waals surface area contributed by atoms with Crippen LogP contribution in [0.4, 0.5) is 14.6 Å². The first kappa shape index (κ1) is 22.1. The average molecular weight is 481 g/mol. The van der Waals surface area contributed by atoms with E-state index in [0.29, 0.717) is 23.8 Å². The van der Waals surface area contributed by atoms with Gasteiger partial charge in [-0.2, -0.15) is 0 Å². The van der Waals surface area contributed by atoms with Crippen LogP contribution in [0.25, 0.3) is 22.5 Å². The molecule has 2 N–H and O–H groups in total. The molecule has 2 saturated heterocycles. The van der Waals surface area contributed by atoms with Crippen LogP contribution < -0.4 is 15.8 Å². The Balaban J connectivity index is 1.29. The maximum Gasteiger partial charge on any atom is 0.250 e. The number of phenolic OH excluding ortho intramolecular Hbond substituents is 1. The molecule has 8 nitrogen and oxygen atoms in total. The molecule has 35 heavy (non-hydrogen) atoms. The molecule has 1 saturated carbocycles. The Kier molecular flexibility index (Phi) is 5.28. The molecule has 3 aromatic rings. The van der Waals surface area contributed by atoms with Crippen molar-refractivity contribution in [2.75, 3.05) is 4.90 Å². The number of nitrogens with zero attached hydrogens (tertiary/aromatic N) is 5. The van der Waals surface area contributed by atoms with E-state index in [1.165, 1.54) is 29.1 Å². The molecule has 182 valence electrons. The molecule has 2 aliphatic heterocycles. The zero-order valence-corrected chi connectivity index (χ0v) is 19.2. The van der Waals surface area contributed by atoms with Crippen LogP contribution >= 0.6 is 0 Å². The number of aromatic hydroxyl groups is 1. The van der Waals surface area contributed by atoms with E-state index < -0.39 is 12.0 Å². The number of fused-ring (bicyclic) bond motifs is 2. The van der Waals surface area contributed by atoms with Crippen LogP contribution in [-0.4, -0.2) is 55.2 Å². The molecule has 10 heteroatoms.